The van der Waals surface area contributed by atoms with Crippen LogP contribution in [0.2, 0.25) is 0 Å². The first-order valence-corrected chi connectivity index (χ1v) is 10.6. The molecular formula is C23H26FN3O3. The van der Waals surface area contributed by atoms with Crippen molar-refractivity contribution in [2.45, 2.75) is 45.1 Å². The minimum Gasteiger partial charge on any atom is -0.342 e. The third-order valence-corrected chi connectivity index (χ3v) is 5.97. The molecule has 1 aromatic heterocycles. The van der Waals surface area contributed by atoms with Crippen LogP contribution in [0.1, 0.15) is 43.2 Å². The van der Waals surface area contributed by atoms with Crippen molar-refractivity contribution in [1.29, 1.82) is 0 Å². The minimum atomic E-state index is -0.357. The Kier molecular flexibility index (Phi) is 5.97. The Morgan fingerprint density at radius 1 is 0.967 bits per heavy atom. The van der Waals surface area contributed by atoms with Gasteiger partial charge in [-0.15, -0.1) is 0 Å². The molecule has 3 heterocycles. The number of carbonyl (C=O) groups excluding carboxylic acids is 2. The molecule has 7 heteroatoms. The van der Waals surface area contributed by atoms with E-state index >= 15 is 0 Å². The maximum absolute atomic E-state index is 13.2. The van der Waals surface area contributed by atoms with Crippen molar-refractivity contribution in [3.63, 3.8) is 0 Å². The van der Waals surface area contributed by atoms with Gasteiger partial charge < -0.3 is 9.80 Å². The number of carbonyl (C=O) groups is 2. The van der Waals surface area contributed by atoms with Gasteiger partial charge in [0.05, 0.1) is 0 Å². The molecule has 6 nitrogen and oxygen atoms in total. The second-order valence-electron chi connectivity index (χ2n) is 8.02. The van der Waals surface area contributed by atoms with Crippen LogP contribution in [0.4, 0.5) is 4.39 Å². The van der Waals surface area contributed by atoms with Gasteiger partial charge in [-0.2, -0.15) is 0 Å². The van der Waals surface area contributed by atoms with Gasteiger partial charge in [-0.3, -0.25) is 19.0 Å². The zero-order valence-corrected chi connectivity index (χ0v) is 17.0. The third kappa shape index (κ3) is 4.45. The lowest BCUT2D eigenvalue weighted by atomic mass is 10.0. The van der Waals surface area contributed by atoms with Gasteiger partial charge in [-0.1, -0.05) is 6.42 Å². The molecule has 158 valence electrons. The SMILES string of the molecule is O=C1CCCCCN1CCC(=O)N1CCc2cc(=O)n(-c3ccc(F)cc3)cc2C1. The molecule has 0 spiro atoms. The second kappa shape index (κ2) is 8.81. The quantitative estimate of drug-likeness (QED) is 0.777. The first-order valence-electron chi connectivity index (χ1n) is 10.6. The number of hydrogen-bond donors (Lipinski definition) is 0. The number of likely N-dealkylation sites (tertiary alicyclic amines) is 1. The summed E-state index contributed by atoms with van der Waals surface area (Å²) < 4.78 is 14.7. The number of aromatic nitrogens is 1. The van der Waals surface area contributed by atoms with Crippen LogP contribution in [0.3, 0.4) is 0 Å². The molecule has 2 aromatic rings. The summed E-state index contributed by atoms with van der Waals surface area (Å²) in [6, 6.07) is 7.37. The summed E-state index contributed by atoms with van der Waals surface area (Å²) in [5.74, 6) is -0.186. The normalized spacial score (nSPS) is 16.9. The molecule has 0 radical (unpaired) electrons. The lowest BCUT2D eigenvalue weighted by Crippen LogP contribution is -2.40. The molecule has 0 saturated carbocycles. The summed E-state index contributed by atoms with van der Waals surface area (Å²) in [4.78, 5) is 41.0. The van der Waals surface area contributed by atoms with Crippen molar-refractivity contribution >= 4 is 11.8 Å². The van der Waals surface area contributed by atoms with E-state index in [0.29, 0.717) is 44.6 Å². The minimum absolute atomic E-state index is 0.0252. The van der Waals surface area contributed by atoms with Crippen LogP contribution in [0.25, 0.3) is 5.69 Å². The van der Waals surface area contributed by atoms with E-state index < -0.39 is 0 Å². The maximum atomic E-state index is 13.2. The average Bonchev–Trinajstić information content (AvgIpc) is 2.96. The number of fused-ring (bicyclic) bond motifs is 1. The highest BCUT2D eigenvalue weighted by Gasteiger charge is 2.24. The van der Waals surface area contributed by atoms with Crippen molar-refractivity contribution in [3.8, 4) is 5.69 Å². The Bertz CT molecular complexity index is 1000. The summed E-state index contributed by atoms with van der Waals surface area (Å²) in [6.07, 6.45) is 6.27. The molecule has 4 rings (SSSR count). The van der Waals surface area contributed by atoms with Crippen molar-refractivity contribution in [1.82, 2.24) is 14.4 Å². The van der Waals surface area contributed by atoms with Gasteiger partial charge in [0.1, 0.15) is 5.82 Å². The molecule has 1 fully saturated rings. The highest BCUT2D eigenvalue weighted by molar-refractivity contribution is 5.79. The molecule has 0 atom stereocenters. The lowest BCUT2D eigenvalue weighted by Gasteiger charge is -2.30. The van der Waals surface area contributed by atoms with Gasteiger partial charge in [0.2, 0.25) is 11.8 Å². The largest absolute Gasteiger partial charge is 0.342 e. The molecule has 1 saturated heterocycles. The summed E-state index contributed by atoms with van der Waals surface area (Å²) >= 11 is 0. The lowest BCUT2D eigenvalue weighted by molar-refractivity contribution is -0.134. The number of pyridine rings is 1. The summed E-state index contributed by atoms with van der Waals surface area (Å²) in [7, 11) is 0. The van der Waals surface area contributed by atoms with Gasteiger partial charge in [0.25, 0.3) is 5.56 Å². The number of hydrogen-bond acceptors (Lipinski definition) is 3. The average molecular weight is 411 g/mol. The fourth-order valence-electron chi connectivity index (χ4n) is 4.21. The van der Waals surface area contributed by atoms with Gasteiger partial charge in [0.15, 0.2) is 0 Å². The Labute approximate surface area is 174 Å². The topological polar surface area (TPSA) is 62.6 Å². The van der Waals surface area contributed by atoms with Gasteiger partial charge in [-0.25, -0.2) is 4.39 Å². The van der Waals surface area contributed by atoms with Gasteiger partial charge in [0, 0.05) is 57.0 Å². The summed E-state index contributed by atoms with van der Waals surface area (Å²) in [5.41, 5.74) is 2.29. The predicted octanol–water partition coefficient (Wildman–Crippen LogP) is 2.65. The highest BCUT2D eigenvalue weighted by atomic mass is 19.1. The first-order chi connectivity index (χ1) is 14.5. The van der Waals surface area contributed by atoms with Crippen LogP contribution in [0, 0.1) is 5.82 Å². The van der Waals surface area contributed by atoms with Crippen molar-refractivity contribution in [3.05, 3.63) is 63.8 Å². The maximum Gasteiger partial charge on any atom is 0.255 e. The Morgan fingerprint density at radius 3 is 2.57 bits per heavy atom. The third-order valence-electron chi connectivity index (χ3n) is 5.97. The Balaban J connectivity index is 1.45. The van der Waals surface area contributed by atoms with Crippen LogP contribution in [-0.4, -0.2) is 45.8 Å². The van der Waals surface area contributed by atoms with E-state index in [-0.39, 0.29) is 23.2 Å². The molecule has 0 unspecified atom stereocenters. The standard InChI is InChI=1S/C23H26FN3O3/c24-19-5-7-20(8-6-19)27-16-18-15-26(12-9-17(18)14-23(27)30)22(29)10-13-25-11-3-1-2-4-21(25)28/h5-8,14,16H,1-4,9-13,15H2. The second-order valence-corrected chi connectivity index (χ2v) is 8.02. The molecule has 0 bridgehead atoms. The fraction of sp³-hybridized carbons (Fsp3) is 0.435. The Hall–Kier alpha value is -2.96. The molecule has 2 aliphatic heterocycles. The van der Waals surface area contributed by atoms with Crippen LogP contribution in [0.15, 0.2) is 41.3 Å². The molecule has 2 aliphatic rings. The molecule has 0 N–H and O–H groups in total. The van der Waals surface area contributed by atoms with E-state index in [2.05, 4.69) is 0 Å². The van der Waals surface area contributed by atoms with Crippen molar-refractivity contribution < 1.29 is 14.0 Å². The molecule has 2 amide bonds. The number of rotatable bonds is 4. The first kappa shape index (κ1) is 20.3. The molecule has 0 aliphatic carbocycles. The molecular weight excluding hydrogens is 385 g/mol. The van der Waals surface area contributed by atoms with E-state index in [1.165, 1.54) is 16.7 Å². The Morgan fingerprint density at radius 2 is 1.77 bits per heavy atom. The zero-order valence-electron chi connectivity index (χ0n) is 17.0. The van der Waals surface area contributed by atoms with Crippen LogP contribution >= 0.6 is 0 Å². The van der Waals surface area contributed by atoms with Crippen molar-refractivity contribution in [2.24, 2.45) is 0 Å². The van der Waals surface area contributed by atoms with Crippen LogP contribution in [-0.2, 0) is 22.6 Å². The van der Waals surface area contributed by atoms with Gasteiger partial charge in [-0.05, 0) is 54.7 Å². The zero-order chi connectivity index (χ0) is 21.1. The number of benzene rings is 1. The number of nitrogens with zero attached hydrogens (tertiary/aromatic N) is 3. The van der Waals surface area contributed by atoms with E-state index in [1.807, 2.05) is 4.90 Å². The highest BCUT2D eigenvalue weighted by Crippen LogP contribution is 2.20. The van der Waals surface area contributed by atoms with Crippen LogP contribution < -0.4 is 5.56 Å². The molecule has 1 aromatic carbocycles. The van der Waals surface area contributed by atoms with E-state index in [1.54, 1.807) is 29.3 Å². The fourth-order valence-corrected chi connectivity index (χ4v) is 4.21. The van der Waals surface area contributed by atoms with Gasteiger partial charge >= 0.3 is 0 Å². The number of amides is 2. The predicted molar refractivity (Wildman–Crippen MR) is 111 cm³/mol. The summed E-state index contributed by atoms with van der Waals surface area (Å²) in [5, 5.41) is 0. The van der Waals surface area contributed by atoms with E-state index in [4.69, 9.17) is 0 Å². The molecule has 30 heavy (non-hydrogen) atoms. The van der Waals surface area contributed by atoms with E-state index in [9.17, 15) is 18.8 Å². The smallest absolute Gasteiger partial charge is 0.255 e. The van der Waals surface area contributed by atoms with Crippen LogP contribution in [0.5, 0.6) is 0 Å². The summed E-state index contributed by atoms with van der Waals surface area (Å²) in [6.45, 7) is 2.21. The van der Waals surface area contributed by atoms with Crippen molar-refractivity contribution in [2.75, 3.05) is 19.6 Å². The number of halogens is 1. The monoisotopic (exact) mass is 411 g/mol. The van der Waals surface area contributed by atoms with E-state index in [0.717, 1.165) is 36.9 Å².